The van der Waals surface area contributed by atoms with Crippen molar-refractivity contribution in [3.8, 4) is 0 Å². The van der Waals surface area contributed by atoms with E-state index in [4.69, 9.17) is 16.7 Å². The third-order valence-corrected chi connectivity index (χ3v) is 2.03. The Morgan fingerprint density at radius 1 is 1.29 bits per heavy atom. The van der Waals surface area contributed by atoms with Crippen LogP contribution in [0.4, 0.5) is 18.9 Å². The quantitative estimate of drug-likeness (QED) is 0.865. The Labute approximate surface area is 98.0 Å². The van der Waals surface area contributed by atoms with Crippen molar-refractivity contribution in [1.29, 1.82) is 0 Å². The van der Waals surface area contributed by atoms with Gasteiger partial charge in [0.05, 0.1) is 16.3 Å². The lowest BCUT2D eigenvalue weighted by molar-refractivity contribution is -0.167. The van der Waals surface area contributed by atoms with E-state index in [0.29, 0.717) is 0 Å². The maximum atomic E-state index is 11.9. The number of anilines is 1. The first-order valence-corrected chi connectivity index (χ1v) is 4.50. The highest BCUT2D eigenvalue weighted by molar-refractivity contribution is 6.34. The summed E-state index contributed by atoms with van der Waals surface area (Å²) in [6.07, 6.45) is -5.03. The number of aromatic carboxylic acids is 1. The number of halogens is 4. The van der Waals surface area contributed by atoms with E-state index in [-0.39, 0.29) is 16.3 Å². The molecule has 0 spiro atoms. The smallest absolute Gasteiger partial charge is 0.471 e. The van der Waals surface area contributed by atoms with Gasteiger partial charge in [-0.2, -0.15) is 13.2 Å². The minimum Gasteiger partial charge on any atom is -0.478 e. The summed E-state index contributed by atoms with van der Waals surface area (Å²) in [7, 11) is 0. The largest absolute Gasteiger partial charge is 0.478 e. The van der Waals surface area contributed by atoms with Crippen LogP contribution in [0.3, 0.4) is 0 Å². The number of carboxylic acid groups (broad SMARTS) is 1. The van der Waals surface area contributed by atoms with Crippen LogP contribution < -0.4 is 5.32 Å². The van der Waals surface area contributed by atoms with Crippen LogP contribution in [0.1, 0.15) is 10.4 Å². The van der Waals surface area contributed by atoms with Gasteiger partial charge in [0.1, 0.15) is 0 Å². The predicted molar refractivity (Wildman–Crippen MR) is 53.1 cm³/mol. The van der Waals surface area contributed by atoms with Crippen molar-refractivity contribution in [2.45, 2.75) is 6.18 Å². The van der Waals surface area contributed by atoms with Crippen LogP contribution in [-0.4, -0.2) is 23.2 Å². The molecule has 17 heavy (non-hydrogen) atoms. The standard InChI is InChI=1S/C9H5ClF3NO3/c10-5-3-4(7(15)16)1-2-6(5)14-8(17)9(11,12)13/h1-3H,(H,14,17)(H,15,16). The number of carbonyl (C=O) groups is 2. The molecule has 0 saturated carbocycles. The Bertz CT molecular complexity index is 473. The molecule has 0 radical (unpaired) electrons. The fraction of sp³-hybridized carbons (Fsp3) is 0.111. The van der Waals surface area contributed by atoms with Gasteiger partial charge in [-0.1, -0.05) is 11.6 Å². The van der Waals surface area contributed by atoms with E-state index in [1.54, 1.807) is 0 Å². The number of rotatable bonds is 2. The molecule has 4 nitrogen and oxygen atoms in total. The molecule has 0 aliphatic rings. The SMILES string of the molecule is O=C(O)c1ccc(NC(=O)C(F)(F)F)c(Cl)c1. The third-order valence-electron chi connectivity index (χ3n) is 1.72. The minimum atomic E-state index is -5.03. The summed E-state index contributed by atoms with van der Waals surface area (Å²) in [6.45, 7) is 0. The molecule has 0 heterocycles. The van der Waals surface area contributed by atoms with Crippen molar-refractivity contribution in [3.63, 3.8) is 0 Å². The van der Waals surface area contributed by atoms with Gasteiger partial charge in [0.2, 0.25) is 0 Å². The molecular weight excluding hydrogens is 263 g/mol. The first-order valence-electron chi connectivity index (χ1n) is 4.13. The molecule has 1 aromatic rings. The number of carboxylic acids is 1. The Kier molecular flexibility index (Phi) is 3.62. The van der Waals surface area contributed by atoms with Crippen LogP contribution in [-0.2, 0) is 4.79 Å². The average molecular weight is 268 g/mol. The van der Waals surface area contributed by atoms with Gasteiger partial charge in [-0.15, -0.1) is 0 Å². The zero-order valence-corrected chi connectivity index (χ0v) is 8.76. The second-order valence-corrected chi connectivity index (χ2v) is 3.36. The summed E-state index contributed by atoms with van der Waals surface area (Å²) >= 11 is 5.52. The number of carbonyl (C=O) groups excluding carboxylic acids is 1. The molecule has 1 rings (SSSR count). The van der Waals surface area contributed by atoms with Crippen molar-refractivity contribution >= 4 is 29.2 Å². The molecule has 0 aliphatic carbocycles. The third kappa shape index (κ3) is 3.35. The summed E-state index contributed by atoms with van der Waals surface area (Å²) < 4.78 is 35.8. The molecule has 0 fully saturated rings. The summed E-state index contributed by atoms with van der Waals surface area (Å²) in [4.78, 5) is 21.1. The molecule has 8 heteroatoms. The normalized spacial score (nSPS) is 11.1. The van der Waals surface area contributed by atoms with Crippen molar-refractivity contribution in [2.75, 3.05) is 5.32 Å². The fourth-order valence-electron chi connectivity index (χ4n) is 0.943. The van der Waals surface area contributed by atoms with E-state index in [2.05, 4.69) is 0 Å². The average Bonchev–Trinajstić information content (AvgIpc) is 2.19. The highest BCUT2D eigenvalue weighted by Crippen LogP contribution is 2.25. The van der Waals surface area contributed by atoms with E-state index >= 15 is 0 Å². The fourth-order valence-corrected chi connectivity index (χ4v) is 1.17. The van der Waals surface area contributed by atoms with E-state index in [1.807, 2.05) is 0 Å². The first-order chi connectivity index (χ1) is 7.71. The molecule has 0 aromatic heterocycles. The van der Waals surface area contributed by atoms with Crippen LogP contribution >= 0.6 is 11.6 Å². The maximum absolute atomic E-state index is 11.9. The molecule has 0 aliphatic heterocycles. The van der Waals surface area contributed by atoms with Crippen molar-refractivity contribution in [1.82, 2.24) is 0 Å². The van der Waals surface area contributed by atoms with E-state index in [9.17, 15) is 22.8 Å². The second kappa shape index (κ2) is 4.62. The number of amides is 1. The lowest BCUT2D eigenvalue weighted by atomic mass is 10.2. The van der Waals surface area contributed by atoms with E-state index in [0.717, 1.165) is 18.2 Å². The molecule has 92 valence electrons. The molecular formula is C9H5ClF3NO3. The summed E-state index contributed by atoms with van der Waals surface area (Å²) in [5.74, 6) is -3.46. The Hall–Kier alpha value is -1.76. The molecule has 0 atom stereocenters. The van der Waals surface area contributed by atoms with Crippen LogP contribution in [0.25, 0.3) is 0 Å². The van der Waals surface area contributed by atoms with Crippen molar-refractivity contribution in [2.24, 2.45) is 0 Å². The van der Waals surface area contributed by atoms with Gasteiger partial charge in [-0.3, -0.25) is 4.79 Å². The molecule has 0 saturated heterocycles. The van der Waals surface area contributed by atoms with Gasteiger partial charge in [0.25, 0.3) is 0 Å². The van der Waals surface area contributed by atoms with Gasteiger partial charge in [-0.25, -0.2) is 4.79 Å². The van der Waals surface area contributed by atoms with Gasteiger partial charge < -0.3 is 10.4 Å². The Morgan fingerprint density at radius 2 is 1.88 bits per heavy atom. The lowest BCUT2D eigenvalue weighted by Gasteiger charge is -2.09. The number of nitrogens with one attached hydrogen (secondary N) is 1. The van der Waals surface area contributed by atoms with E-state index < -0.39 is 18.1 Å². The van der Waals surface area contributed by atoms with Crippen molar-refractivity contribution in [3.05, 3.63) is 28.8 Å². The van der Waals surface area contributed by atoms with E-state index in [1.165, 1.54) is 5.32 Å². The van der Waals surface area contributed by atoms with Crippen LogP contribution in [0.5, 0.6) is 0 Å². The highest BCUT2D eigenvalue weighted by Gasteiger charge is 2.38. The van der Waals surface area contributed by atoms with Crippen LogP contribution in [0, 0.1) is 0 Å². The second-order valence-electron chi connectivity index (χ2n) is 2.95. The zero-order chi connectivity index (χ0) is 13.2. The van der Waals surface area contributed by atoms with Gasteiger partial charge in [0, 0.05) is 0 Å². The van der Waals surface area contributed by atoms with Gasteiger partial charge in [0.15, 0.2) is 0 Å². The molecule has 0 bridgehead atoms. The topological polar surface area (TPSA) is 66.4 Å². The number of alkyl halides is 3. The molecule has 1 amide bonds. The summed E-state index contributed by atoms with van der Waals surface area (Å²) in [5, 5.41) is 9.82. The van der Waals surface area contributed by atoms with Gasteiger partial charge in [-0.05, 0) is 18.2 Å². The number of benzene rings is 1. The molecule has 2 N–H and O–H groups in total. The number of hydrogen-bond donors (Lipinski definition) is 2. The number of hydrogen-bond acceptors (Lipinski definition) is 2. The monoisotopic (exact) mass is 267 g/mol. The minimum absolute atomic E-state index is 0.194. The molecule has 0 unspecified atom stereocenters. The lowest BCUT2D eigenvalue weighted by Crippen LogP contribution is -2.30. The summed E-state index contributed by atoms with van der Waals surface area (Å²) in [5.41, 5.74) is -0.501. The maximum Gasteiger partial charge on any atom is 0.471 e. The predicted octanol–water partition coefficient (Wildman–Crippen LogP) is 2.54. The van der Waals surface area contributed by atoms with Gasteiger partial charge >= 0.3 is 18.1 Å². The Morgan fingerprint density at radius 3 is 2.29 bits per heavy atom. The van der Waals surface area contributed by atoms with Crippen LogP contribution in [0.2, 0.25) is 5.02 Å². The Balaban J connectivity index is 2.95. The molecule has 1 aromatic carbocycles. The van der Waals surface area contributed by atoms with Crippen molar-refractivity contribution < 1.29 is 27.9 Å². The zero-order valence-electron chi connectivity index (χ0n) is 8.01. The highest BCUT2D eigenvalue weighted by atomic mass is 35.5. The first kappa shape index (κ1) is 13.3. The van der Waals surface area contributed by atoms with Crippen LogP contribution in [0.15, 0.2) is 18.2 Å². The summed E-state index contributed by atoms with van der Waals surface area (Å²) in [6, 6.07) is 2.95.